The number of hydrogen-bond donors (Lipinski definition) is 1. The van der Waals surface area contributed by atoms with Gasteiger partial charge in [0.1, 0.15) is 5.75 Å². The van der Waals surface area contributed by atoms with Gasteiger partial charge in [-0.3, -0.25) is 4.79 Å². The van der Waals surface area contributed by atoms with Crippen LogP contribution in [0, 0.1) is 12.3 Å². The number of para-hydroxylation sites is 1. The first-order valence-corrected chi connectivity index (χ1v) is 8.80. The molecule has 0 fully saturated rings. The van der Waals surface area contributed by atoms with Crippen molar-refractivity contribution in [2.75, 3.05) is 6.61 Å². The second-order valence-corrected chi connectivity index (χ2v) is 6.01. The Morgan fingerprint density at radius 2 is 2.04 bits per heavy atom. The molecule has 27 heavy (non-hydrogen) atoms. The van der Waals surface area contributed by atoms with Crippen LogP contribution in [0.1, 0.15) is 29.3 Å². The Morgan fingerprint density at radius 3 is 2.78 bits per heavy atom. The van der Waals surface area contributed by atoms with Crippen molar-refractivity contribution in [1.29, 1.82) is 0 Å². The Balaban J connectivity index is 1.69. The largest absolute Gasteiger partial charge is 0.494 e. The first kappa shape index (κ1) is 18.3. The normalized spacial score (nSPS) is 10.8. The first-order valence-electron chi connectivity index (χ1n) is 8.80. The lowest BCUT2D eigenvalue weighted by Crippen LogP contribution is -2.17. The van der Waals surface area contributed by atoms with Gasteiger partial charge < -0.3 is 9.30 Å². The summed E-state index contributed by atoms with van der Waals surface area (Å²) in [4.78, 5) is 12.2. The maximum absolute atomic E-state index is 12.2. The smallest absolute Gasteiger partial charge is 0.271 e. The van der Waals surface area contributed by atoms with Crippen LogP contribution in [-0.2, 0) is 6.54 Å². The van der Waals surface area contributed by atoms with Crippen LogP contribution in [0.15, 0.2) is 59.8 Å². The quantitative estimate of drug-likeness (QED) is 0.396. The standard InChI is InChI=1S/C22H21N3O2/c1-3-13-25-16-18(20-7-5-6-8-21(20)25)15-23-24-22(26)17-9-11-19(12-10-17)27-14-4-2/h1,5-12,15-16H,4,13-14H2,2H3,(H,24,26)/b23-15-. The third kappa shape index (κ3) is 4.36. The van der Waals surface area contributed by atoms with E-state index in [1.54, 1.807) is 30.5 Å². The fourth-order valence-electron chi connectivity index (χ4n) is 2.75. The molecule has 5 heteroatoms. The minimum absolute atomic E-state index is 0.277. The van der Waals surface area contributed by atoms with Crippen molar-refractivity contribution in [3.63, 3.8) is 0 Å². The Hall–Kier alpha value is -3.52. The van der Waals surface area contributed by atoms with E-state index in [0.717, 1.165) is 28.6 Å². The lowest BCUT2D eigenvalue weighted by Gasteiger charge is -2.05. The third-order valence-corrected chi connectivity index (χ3v) is 4.04. The Kier molecular flexibility index (Phi) is 5.91. The van der Waals surface area contributed by atoms with Gasteiger partial charge in [0.15, 0.2) is 0 Å². The molecule has 0 radical (unpaired) electrons. The summed E-state index contributed by atoms with van der Waals surface area (Å²) in [5, 5.41) is 5.12. The number of terminal acetylenes is 1. The van der Waals surface area contributed by atoms with Crippen molar-refractivity contribution < 1.29 is 9.53 Å². The number of aromatic nitrogens is 1. The third-order valence-electron chi connectivity index (χ3n) is 4.04. The van der Waals surface area contributed by atoms with Gasteiger partial charge in [-0.1, -0.05) is 31.0 Å². The van der Waals surface area contributed by atoms with E-state index in [0.29, 0.717) is 18.7 Å². The summed E-state index contributed by atoms with van der Waals surface area (Å²) in [5.74, 6) is 3.11. The molecule has 3 aromatic rings. The fourth-order valence-corrected chi connectivity index (χ4v) is 2.75. The Labute approximate surface area is 158 Å². The highest BCUT2D eigenvalue weighted by Crippen LogP contribution is 2.19. The molecular weight excluding hydrogens is 338 g/mol. The number of nitrogens with zero attached hydrogens (tertiary/aromatic N) is 2. The van der Waals surface area contributed by atoms with Crippen molar-refractivity contribution in [2.45, 2.75) is 19.9 Å². The van der Waals surface area contributed by atoms with Crippen LogP contribution in [0.3, 0.4) is 0 Å². The van der Waals surface area contributed by atoms with Crippen molar-refractivity contribution in [3.8, 4) is 18.1 Å². The predicted molar refractivity (Wildman–Crippen MR) is 108 cm³/mol. The minimum atomic E-state index is -0.277. The number of hydrogen-bond acceptors (Lipinski definition) is 3. The van der Waals surface area contributed by atoms with Crippen molar-refractivity contribution >= 4 is 23.0 Å². The van der Waals surface area contributed by atoms with Gasteiger partial charge in [0.25, 0.3) is 5.91 Å². The summed E-state index contributed by atoms with van der Waals surface area (Å²) in [7, 11) is 0. The van der Waals surface area contributed by atoms with Crippen LogP contribution >= 0.6 is 0 Å². The van der Waals surface area contributed by atoms with Gasteiger partial charge in [-0.25, -0.2) is 5.43 Å². The molecule has 0 aliphatic rings. The number of benzene rings is 2. The van der Waals surface area contributed by atoms with Gasteiger partial charge in [0, 0.05) is 28.2 Å². The topological polar surface area (TPSA) is 55.6 Å². The van der Waals surface area contributed by atoms with E-state index < -0.39 is 0 Å². The number of hydrazone groups is 1. The van der Waals surface area contributed by atoms with Crippen molar-refractivity contribution in [3.05, 3.63) is 65.9 Å². The SMILES string of the molecule is C#CCn1cc(/C=N\NC(=O)c2ccc(OCCC)cc2)c2ccccc21. The summed E-state index contributed by atoms with van der Waals surface area (Å²) in [6.07, 6.45) is 9.93. The molecule has 1 amide bonds. The molecule has 1 aromatic heterocycles. The molecule has 0 unspecified atom stereocenters. The Bertz CT molecular complexity index is 995. The van der Waals surface area contributed by atoms with E-state index in [1.165, 1.54) is 0 Å². The molecule has 2 aromatic carbocycles. The fraction of sp³-hybridized carbons (Fsp3) is 0.182. The summed E-state index contributed by atoms with van der Waals surface area (Å²) < 4.78 is 7.49. The van der Waals surface area contributed by atoms with Crippen molar-refractivity contribution in [2.24, 2.45) is 5.10 Å². The zero-order chi connectivity index (χ0) is 19.1. The zero-order valence-electron chi connectivity index (χ0n) is 15.2. The number of carbonyl (C=O) groups excluding carboxylic acids is 1. The molecule has 0 saturated carbocycles. The van der Waals surface area contributed by atoms with E-state index in [9.17, 15) is 4.79 Å². The van der Waals surface area contributed by atoms with Gasteiger partial charge in [-0.05, 0) is 36.8 Å². The van der Waals surface area contributed by atoms with Gasteiger partial charge in [0.2, 0.25) is 0 Å². The maximum atomic E-state index is 12.2. The molecular formula is C22H21N3O2. The number of fused-ring (bicyclic) bond motifs is 1. The summed E-state index contributed by atoms with van der Waals surface area (Å²) in [5.41, 5.74) is 5.00. The highest BCUT2D eigenvalue weighted by Gasteiger charge is 2.07. The van der Waals surface area contributed by atoms with Crippen LogP contribution in [-0.4, -0.2) is 23.3 Å². The van der Waals surface area contributed by atoms with Crippen LogP contribution in [0.4, 0.5) is 0 Å². The van der Waals surface area contributed by atoms with Crippen LogP contribution < -0.4 is 10.2 Å². The van der Waals surface area contributed by atoms with E-state index in [-0.39, 0.29) is 5.91 Å². The summed E-state index contributed by atoms with van der Waals surface area (Å²) >= 11 is 0. The van der Waals surface area contributed by atoms with Gasteiger partial charge >= 0.3 is 0 Å². The predicted octanol–water partition coefficient (Wildman–Crippen LogP) is 3.83. The average Bonchev–Trinajstić information content (AvgIpc) is 3.05. The molecule has 0 atom stereocenters. The summed E-state index contributed by atoms with van der Waals surface area (Å²) in [6, 6.07) is 14.9. The molecule has 0 aliphatic heterocycles. The van der Waals surface area contributed by atoms with Gasteiger partial charge in [-0.15, -0.1) is 6.42 Å². The maximum Gasteiger partial charge on any atom is 0.271 e. The van der Waals surface area contributed by atoms with Gasteiger partial charge in [-0.2, -0.15) is 5.10 Å². The van der Waals surface area contributed by atoms with E-state index in [1.807, 2.05) is 42.0 Å². The van der Waals surface area contributed by atoms with Crippen LogP contribution in [0.25, 0.3) is 10.9 Å². The first-order chi connectivity index (χ1) is 13.2. The Morgan fingerprint density at radius 1 is 1.26 bits per heavy atom. The molecule has 1 N–H and O–H groups in total. The number of carbonyl (C=O) groups is 1. The van der Waals surface area contributed by atoms with Gasteiger partial charge in [0.05, 0.1) is 19.4 Å². The number of nitrogens with one attached hydrogen (secondary N) is 1. The molecule has 5 nitrogen and oxygen atoms in total. The van der Waals surface area contributed by atoms with E-state index >= 15 is 0 Å². The lowest BCUT2D eigenvalue weighted by atomic mass is 10.2. The lowest BCUT2D eigenvalue weighted by molar-refractivity contribution is 0.0955. The molecule has 1 heterocycles. The number of ether oxygens (including phenoxy) is 1. The molecule has 0 aliphatic carbocycles. The van der Waals surface area contributed by atoms with Crippen molar-refractivity contribution in [1.82, 2.24) is 9.99 Å². The second-order valence-electron chi connectivity index (χ2n) is 6.01. The van der Waals surface area contributed by atoms with E-state index in [2.05, 4.69) is 16.4 Å². The van der Waals surface area contributed by atoms with Crippen LogP contribution in [0.5, 0.6) is 5.75 Å². The summed E-state index contributed by atoms with van der Waals surface area (Å²) in [6.45, 7) is 3.18. The number of amides is 1. The van der Waals surface area contributed by atoms with Crippen LogP contribution in [0.2, 0.25) is 0 Å². The molecule has 136 valence electrons. The molecule has 0 spiro atoms. The second kappa shape index (κ2) is 8.72. The average molecular weight is 359 g/mol. The minimum Gasteiger partial charge on any atom is -0.494 e. The number of rotatable bonds is 7. The molecule has 3 rings (SSSR count). The highest BCUT2D eigenvalue weighted by molar-refractivity contribution is 6.00. The molecule has 0 saturated heterocycles. The molecule has 0 bridgehead atoms. The van der Waals surface area contributed by atoms with E-state index in [4.69, 9.17) is 11.2 Å². The monoisotopic (exact) mass is 359 g/mol. The zero-order valence-corrected chi connectivity index (χ0v) is 15.2. The highest BCUT2D eigenvalue weighted by atomic mass is 16.5.